The Bertz CT molecular complexity index is 1090. The molecule has 0 saturated heterocycles. The van der Waals surface area contributed by atoms with Crippen LogP contribution in [0.1, 0.15) is 47.2 Å². The summed E-state index contributed by atoms with van der Waals surface area (Å²) in [5.74, 6) is -0.855. The molecule has 1 aromatic heterocycles. The van der Waals surface area contributed by atoms with Crippen LogP contribution in [0.4, 0.5) is 5.69 Å². The van der Waals surface area contributed by atoms with Crippen molar-refractivity contribution in [1.29, 1.82) is 0 Å². The topological polar surface area (TPSA) is 98.5 Å². The highest BCUT2D eigenvalue weighted by Crippen LogP contribution is 2.26. The van der Waals surface area contributed by atoms with E-state index >= 15 is 0 Å². The number of ketones is 1. The average molecular weight is 420 g/mol. The standard InChI is InChI=1S/C24H24N2O5/c1-15-20(21(26-31-15)17-8-6-5-7-9-17)22(28)30-14-19(27)16-10-12-18(13-11-16)25-23(29)24(2,3)4/h5-13H,14H2,1-4H3,(H,25,29). The number of hydrogen-bond acceptors (Lipinski definition) is 6. The Morgan fingerprint density at radius 1 is 1.00 bits per heavy atom. The molecule has 0 aliphatic carbocycles. The molecule has 0 unspecified atom stereocenters. The zero-order valence-electron chi connectivity index (χ0n) is 17.9. The summed E-state index contributed by atoms with van der Waals surface area (Å²) in [6.07, 6.45) is 0. The first-order valence-corrected chi connectivity index (χ1v) is 9.80. The van der Waals surface area contributed by atoms with E-state index in [1.54, 1.807) is 43.3 Å². The van der Waals surface area contributed by atoms with Gasteiger partial charge < -0.3 is 14.6 Å². The van der Waals surface area contributed by atoms with Gasteiger partial charge in [-0.3, -0.25) is 9.59 Å². The Balaban J connectivity index is 1.65. The minimum atomic E-state index is -0.681. The number of aromatic nitrogens is 1. The second-order valence-electron chi connectivity index (χ2n) is 8.11. The van der Waals surface area contributed by atoms with Crippen molar-refractivity contribution in [3.63, 3.8) is 0 Å². The first kappa shape index (κ1) is 22.0. The molecule has 3 aromatic rings. The van der Waals surface area contributed by atoms with Gasteiger partial charge in [-0.2, -0.15) is 0 Å². The van der Waals surface area contributed by atoms with Gasteiger partial charge in [-0.25, -0.2) is 4.79 Å². The summed E-state index contributed by atoms with van der Waals surface area (Å²) < 4.78 is 10.4. The molecule has 0 saturated carbocycles. The number of Topliss-reactive ketones (excluding diaryl/α,β-unsaturated/α-hetero) is 1. The first-order valence-electron chi connectivity index (χ1n) is 9.80. The van der Waals surface area contributed by atoms with Crippen LogP contribution in [0, 0.1) is 12.3 Å². The molecule has 1 heterocycles. The summed E-state index contributed by atoms with van der Waals surface area (Å²) in [4.78, 5) is 37.1. The predicted molar refractivity (Wildman–Crippen MR) is 116 cm³/mol. The summed E-state index contributed by atoms with van der Waals surface area (Å²) in [5.41, 5.74) is 1.70. The molecule has 3 rings (SSSR count). The van der Waals surface area contributed by atoms with Gasteiger partial charge in [0.1, 0.15) is 17.0 Å². The monoisotopic (exact) mass is 420 g/mol. The first-order chi connectivity index (χ1) is 14.7. The van der Waals surface area contributed by atoms with Crippen LogP contribution in [0.3, 0.4) is 0 Å². The van der Waals surface area contributed by atoms with E-state index in [1.165, 1.54) is 0 Å². The quantitative estimate of drug-likeness (QED) is 0.459. The van der Waals surface area contributed by atoms with Crippen LogP contribution in [0.15, 0.2) is 59.1 Å². The molecule has 2 aromatic carbocycles. The highest BCUT2D eigenvalue weighted by molar-refractivity contribution is 6.02. The fourth-order valence-corrected chi connectivity index (χ4v) is 2.75. The summed E-state index contributed by atoms with van der Waals surface area (Å²) >= 11 is 0. The van der Waals surface area contributed by atoms with Crippen LogP contribution < -0.4 is 5.32 Å². The van der Waals surface area contributed by atoms with E-state index in [4.69, 9.17) is 9.26 Å². The maximum absolute atomic E-state index is 12.6. The van der Waals surface area contributed by atoms with Gasteiger partial charge in [-0.05, 0) is 31.2 Å². The predicted octanol–water partition coefficient (Wildman–Crippen LogP) is 4.67. The van der Waals surface area contributed by atoms with Crippen molar-refractivity contribution in [2.24, 2.45) is 5.41 Å². The van der Waals surface area contributed by atoms with Crippen molar-refractivity contribution in [3.05, 3.63) is 71.5 Å². The maximum Gasteiger partial charge on any atom is 0.344 e. The lowest BCUT2D eigenvalue weighted by atomic mass is 9.95. The van der Waals surface area contributed by atoms with Crippen LogP contribution in [-0.4, -0.2) is 29.4 Å². The molecule has 0 atom stereocenters. The third kappa shape index (κ3) is 5.25. The van der Waals surface area contributed by atoms with Crippen molar-refractivity contribution in [3.8, 4) is 11.3 Å². The molecule has 1 amide bonds. The van der Waals surface area contributed by atoms with E-state index in [0.29, 0.717) is 28.3 Å². The average Bonchev–Trinajstić information content (AvgIpc) is 3.13. The number of rotatable bonds is 6. The molecule has 7 heteroatoms. The number of anilines is 1. The van der Waals surface area contributed by atoms with Crippen LogP contribution in [0.25, 0.3) is 11.3 Å². The number of amides is 1. The summed E-state index contributed by atoms with van der Waals surface area (Å²) in [6.45, 7) is 6.63. The molecule has 160 valence electrons. The van der Waals surface area contributed by atoms with Crippen LogP contribution in [0.2, 0.25) is 0 Å². The number of ether oxygens (including phenoxy) is 1. The largest absolute Gasteiger partial charge is 0.454 e. The molecule has 0 fully saturated rings. The normalized spacial score (nSPS) is 11.1. The fourth-order valence-electron chi connectivity index (χ4n) is 2.75. The zero-order valence-corrected chi connectivity index (χ0v) is 17.9. The SMILES string of the molecule is Cc1onc(-c2ccccc2)c1C(=O)OCC(=O)c1ccc(NC(=O)C(C)(C)C)cc1. The van der Waals surface area contributed by atoms with Gasteiger partial charge in [-0.15, -0.1) is 0 Å². The highest BCUT2D eigenvalue weighted by Gasteiger charge is 2.24. The fraction of sp³-hybridized carbons (Fsp3) is 0.250. The molecule has 0 bridgehead atoms. The van der Waals surface area contributed by atoms with Crippen LogP contribution in [-0.2, 0) is 9.53 Å². The number of hydrogen-bond donors (Lipinski definition) is 1. The Kier molecular flexibility index (Phi) is 6.34. The molecular weight excluding hydrogens is 396 g/mol. The van der Waals surface area contributed by atoms with E-state index < -0.39 is 18.0 Å². The second-order valence-corrected chi connectivity index (χ2v) is 8.11. The van der Waals surface area contributed by atoms with E-state index in [2.05, 4.69) is 10.5 Å². The van der Waals surface area contributed by atoms with Crippen molar-refractivity contribution < 1.29 is 23.6 Å². The van der Waals surface area contributed by atoms with Gasteiger partial charge >= 0.3 is 5.97 Å². The smallest absolute Gasteiger partial charge is 0.344 e. The third-order valence-corrected chi connectivity index (χ3v) is 4.59. The van der Waals surface area contributed by atoms with Gasteiger partial charge in [0.15, 0.2) is 12.4 Å². The molecule has 0 aliphatic rings. The van der Waals surface area contributed by atoms with E-state index in [9.17, 15) is 14.4 Å². The molecule has 0 aliphatic heterocycles. The molecule has 0 radical (unpaired) electrons. The number of nitrogens with zero attached hydrogens (tertiary/aromatic N) is 1. The zero-order chi connectivity index (χ0) is 22.6. The van der Waals surface area contributed by atoms with E-state index in [-0.39, 0.29) is 17.3 Å². The van der Waals surface area contributed by atoms with Gasteiger partial charge in [0.05, 0.1) is 0 Å². The van der Waals surface area contributed by atoms with Gasteiger partial charge in [0.25, 0.3) is 0 Å². The van der Waals surface area contributed by atoms with Gasteiger partial charge in [0.2, 0.25) is 5.91 Å². The lowest BCUT2D eigenvalue weighted by Crippen LogP contribution is -2.27. The number of aryl methyl sites for hydroxylation is 1. The summed E-state index contributed by atoms with van der Waals surface area (Å²) in [6, 6.07) is 15.5. The Labute approximate surface area is 180 Å². The minimum Gasteiger partial charge on any atom is -0.454 e. The number of benzene rings is 2. The van der Waals surface area contributed by atoms with Crippen molar-refractivity contribution >= 4 is 23.3 Å². The van der Waals surface area contributed by atoms with Gasteiger partial charge in [-0.1, -0.05) is 56.3 Å². The minimum absolute atomic E-state index is 0.126. The number of nitrogens with one attached hydrogen (secondary N) is 1. The summed E-state index contributed by atoms with van der Waals surface area (Å²) in [7, 11) is 0. The lowest BCUT2D eigenvalue weighted by molar-refractivity contribution is -0.123. The highest BCUT2D eigenvalue weighted by atomic mass is 16.5. The molecule has 31 heavy (non-hydrogen) atoms. The molecular formula is C24H24N2O5. The Hall–Kier alpha value is -3.74. The van der Waals surface area contributed by atoms with Gasteiger partial charge in [0, 0.05) is 22.2 Å². The number of esters is 1. The Morgan fingerprint density at radius 2 is 1.65 bits per heavy atom. The summed E-state index contributed by atoms with van der Waals surface area (Å²) in [5, 5.41) is 6.74. The van der Waals surface area contributed by atoms with Crippen molar-refractivity contribution in [1.82, 2.24) is 5.16 Å². The number of carbonyl (C=O) groups is 3. The van der Waals surface area contributed by atoms with Crippen molar-refractivity contribution in [2.75, 3.05) is 11.9 Å². The third-order valence-electron chi connectivity index (χ3n) is 4.59. The number of carbonyl (C=O) groups excluding carboxylic acids is 3. The van der Waals surface area contributed by atoms with Crippen molar-refractivity contribution in [2.45, 2.75) is 27.7 Å². The molecule has 1 N–H and O–H groups in total. The maximum atomic E-state index is 12.6. The van der Waals surface area contributed by atoms with Crippen LogP contribution in [0.5, 0.6) is 0 Å². The molecule has 0 spiro atoms. The Morgan fingerprint density at radius 3 is 2.26 bits per heavy atom. The lowest BCUT2D eigenvalue weighted by Gasteiger charge is -2.17. The van der Waals surface area contributed by atoms with Crippen LogP contribution >= 0.6 is 0 Å². The molecule has 7 nitrogen and oxygen atoms in total. The second kappa shape index (κ2) is 8.95. The van der Waals surface area contributed by atoms with E-state index in [0.717, 1.165) is 0 Å². The van der Waals surface area contributed by atoms with E-state index in [1.807, 2.05) is 39.0 Å².